The average molecular weight is 329 g/mol. The summed E-state index contributed by atoms with van der Waals surface area (Å²) >= 11 is 0. The highest BCUT2D eigenvalue weighted by Gasteiger charge is 2.29. The monoisotopic (exact) mass is 328 g/mol. The second-order valence-electron chi connectivity index (χ2n) is 5.47. The second-order valence-corrected chi connectivity index (χ2v) is 5.47. The van der Waals surface area contributed by atoms with E-state index >= 15 is 0 Å². The van der Waals surface area contributed by atoms with E-state index < -0.39 is 4.92 Å². The minimum Gasteiger partial charge on any atom is -0.393 e. The summed E-state index contributed by atoms with van der Waals surface area (Å²) < 4.78 is 0. The van der Waals surface area contributed by atoms with Gasteiger partial charge in [-0.2, -0.15) is 0 Å². The van der Waals surface area contributed by atoms with E-state index in [1.807, 2.05) is 7.05 Å². The lowest BCUT2D eigenvalue weighted by Gasteiger charge is -2.18. The lowest BCUT2D eigenvalue weighted by atomic mass is 10.1. The molecule has 3 N–H and O–H groups in total. The van der Waals surface area contributed by atoms with Gasteiger partial charge >= 0.3 is 0 Å². The summed E-state index contributed by atoms with van der Waals surface area (Å²) in [6.07, 6.45) is 0.931. The van der Waals surface area contributed by atoms with Crippen molar-refractivity contribution in [1.82, 2.24) is 10.2 Å². The number of carbonyl (C=O) groups is 1. The van der Waals surface area contributed by atoms with Crippen LogP contribution in [-0.4, -0.2) is 42.4 Å². The first-order chi connectivity index (χ1) is 9.93. The van der Waals surface area contributed by atoms with Crippen LogP contribution in [0.1, 0.15) is 22.3 Å². The van der Waals surface area contributed by atoms with Crippen LogP contribution in [0.3, 0.4) is 0 Å². The van der Waals surface area contributed by atoms with Gasteiger partial charge in [0.15, 0.2) is 0 Å². The van der Waals surface area contributed by atoms with Crippen molar-refractivity contribution in [3.63, 3.8) is 0 Å². The zero-order chi connectivity index (χ0) is 15.6. The van der Waals surface area contributed by atoms with E-state index in [0.29, 0.717) is 24.6 Å². The van der Waals surface area contributed by atoms with E-state index in [9.17, 15) is 14.9 Å². The molecule has 1 unspecified atom stereocenters. The molecule has 1 aliphatic heterocycles. The van der Waals surface area contributed by atoms with Crippen molar-refractivity contribution in [3.8, 4) is 0 Å². The number of likely N-dealkylation sites (tertiary alicyclic amines) is 1. The van der Waals surface area contributed by atoms with E-state index in [4.69, 9.17) is 5.73 Å². The zero-order valence-electron chi connectivity index (χ0n) is 12.7. The second kappa shape index (κ2) is 7.42. The Kier molecular flexibility index (Phi) is 6.13. The highest BCUT2D eigenvalue weighted by Crippen LogP contribution is 2.29. The Hall–Kier alpha value is -1.86. The molecule has 22 heavy (non-hydrogen) atoms. The third-order valence-electron chi connectivity index (χ3n) is 3.80. The normalized spacial score (nSPS) is 17.2. The number of nitrogens with two attached hydrogens (primary N) is 1. The fourth-order valence-electron chi connectivity index (χ4n) is 2.75. The van der Waals surface area contributed by atoms with Crippen LogP contribution in [-0.2, 0) is 0 Å². The highest BCUT2D eigenvalue weighted by molar-refractivity contribution is 6.01. The summed E-state index contributed by atoms with van der Waals surface area (Å²) in [4.78, 5) is 24.7. The molecule has 0 saturated carbocycles. The average Bonchev–Trinajstić information content (AvgIpc) is 2.89. The number of hydrogen-bond donors (Lipinski definition) is 2. The van der Waals surface area contributed by atoms with Crippen molar-refractivity contribution in [1.29, 1.82) is 0 Å². The Morgan fingerprint density at radius 2 is 2.23 bits per heavy atom. The van der Waals surface area contributed by atoms with Crippen molar-refractivity contribution in [2.45, 2.75) is 13.3 Å². The standard InChI is InChI=1S/C14H20N4O3.ClH/c1-9-5-11(13(15)12(6-9)18(20)21)14(19)17-4-3-10(8-17)7-16-2;/h5-6,10,16H,3-4,7-8,15H2,1-2H3;1H. The molecule has 1 amide bonds. The summed E-state index contributed by atoms with van der Waals surface area (Å²) in [7, 11) is 1.88. The molecule has 2 rings (SSSR count). The van der Waals surface area contributed by atoms with Crippen molar-refractivity contribution >= 4 is 29.7 Å². The molecule has 8 heteroatoms. The van der Waals surface area contributed by atoms with E-state index in [-0.39, 0.29) is 35.3 Å². The quantitative estimate of drug-likeness (QED) is 0.496. The SMILES string of the molecule is CNCC1CCN(C(=O)c2cc(C)cc([N+](=O)[O-])c2N)C1.Cl. The van der Waals surface area contributed by atoms with Crippen LogP contribution in [0, 0.1) is 23.0 Å². The molecule has 0 radical (unpaired) electrons. The number of benzene rings is 1. The third kappa shape index (κ3) is 3.66. The maximum absolute atomic E-state index is 12.5. The predicted molar refractivity (Wildman–Crippen MR) is 87.4 cm³/mol. The molecular weight excluding hydrogens is 308 g/mol. The van der Waals surface area contributed by atoms with Gasteiger partial charge in [-0.3, -0.25) is 14.9 Å². The number of nitrogens with one attached hydrogen (secondary N) is 1. The number of nitrogens with zero attached hydrogens (tertiary/aromatic N) is 2. The smallest absolute Gasteiger partial charge is 0.293 e. The van der Waals surface area contributed by atoms with Gasteiger partial charge in [-0.15, -0.1) is 12.4 Å². The predicted octanol–water partition coefficient (Wildman–Crippen LogP) is 1.59. The minimum absolute atomic E-state index is 0. The Bertz CT molecular complexity index is 579. The first kappa shape index (κ1) is 18.2. The van der Waals surface area contributed by atoms with Gasteiger partial charge in [-0.05, 0) is 44.5 Å². The number of nitro benzene ring substituents is 1. The Morgan fingerprint density at radius 3 is 2.82 bits per heavy atom. The maximum atomic E-state index is 12.5. The molecule has 0 aliphatic carbocycles. The number of hydrogen-bond acceptors (Lipinski definition) is 5. The van der Waals surface area contributed by atoms with Crippen LogP contribution in [0.25, 0.3) is 0 Å². The molecule has 0 aromatic heterocycles. The van der Waals surface area contributed by atoms with Gasteiger partial charge in [0.1, 0.15) is 5.69 Å². The van der Waals surface area contributed by atoms with Crippen LogP contribution in [0.5, 0.6) is 0 Å². The number of aryl methyl sites for hydroxylation is 1. The molecule has 1 aromatic rings. The molecule has 1 aromatic carbocycles. The molecule has 1 aliphatic rings. The van der Waals surface area contributed by atoms with Gasteiger partial charge in [-0.25, -0.2) is 0 Å². The lowest BCUT2D eigenvalue weighted by Crippen LogP contribution is -2.31. The van der Waals surface area contributed by atoms with Gasteiger partial charge in [0.2, 0.25) is 0 Å². The number of halogens is 1. The van der Waals surface area contributed by atoms with Crippen molar-refractivity contribution < 1.29 is 9.72 Å². The van der Waals surface area contributed by atoms with Gasteiger partial charge in [0.25, 0.3) is 11.6 Å². The third-order valence-corrected chi connectivity index (χ3v) is 3.80. The first-order valence-electron chi connectivity index (χ1n) is 6.92. The van der Waals surface area contributed by atoms with E-state index in [1.165, 1.54) is 6.07 Å². The summed E-state index contributed by atoms with van der Waals surface area (Å²) in [6.45, 7) is 3.89. The van der Waals surface area contributed by atoms with Crippen molar-refractivity contribution in [2.75, 3.05) is 32.4 Å². The van der Waals surface area contributed by atoms with Crippen molar-refractivity contribution in [2.24, 2.45) is 5.92 Å². The van der Waals surface area contributed by atoms with Crippen LogP contribution in [0.15, 0.2) is 12.1 Å². The Balaban J connectivity index is 0.00000242. The lowest BCUT2D eigenvalue weighted by molar-refractivity contribution is -0.384. The highest BCUT2D eigenvalue weighted by atomic mass is 35.5. The van der Waals surface area contributed by atoms with Crippen LogP contribution in [0.4, 0.5) is 11.4 Å². The molecule has 7 nitrogen and oxygen atoms in total. The maximum Gasteiger partial charge on any atom is 0.293 e. The fraction of sp³-hybridized carbons (Fsp3) is 0.500. The van der Waals surface area contributed by atoms with E-state index in [2.05, 4.69) is 5.32 Å². The summed E-state index contributed by atoms with van der Waals surface area (Å²) in [5.74, 6) is 0.192. The minimum atomic E-state index is -0.549. The Morgan fingerprint density at radius 1 is 1.55 bits per heavy atom. The number of rotatable bonds is 4. The molecule has 1 heterocycles. The number of nitro groups is 1. The van der Waals surface area contributed by atoms with Gasteiger partial charge < -0.3 is 16.0 Å². The summed E-state index contributed by atoms with van der Waals surface area (Å²) in [5.41, 5.74) is 6.45. The molecule has 1 saturated heterocycles. The largest absolute Gasteiger partial charge is 0.393 e. The van der Waals surface area contributed by atoms with Crippen LogP contribution >= 0.6 is 12.4 Å². The van der Waals surface area contributed by atoms with Crippen LogP contribution in [0.2, 0.25) is 0 Å². The van der Waals surface area contributed by atoms with Crippen molar-refractivity contribution in [3.05, 3.63) is 33.4 Å². The molecular formula is C14H21ClN4O3. The number of carbonyl (C=O) groups excluding carboxylic acids is 1. The number of amides is 1. The zero-order valence-corrected chi connectivity index (χ0v) is 13.5. The fourth-order valence-corrected chi connectivity index (χ4v) is 2.75. The molecule has 0 bridgehead atoms. The van der Waals surface area contributed by atoms with E-state index in [1.54, 1.807) is 17.9 Å². The van der Waals surface area contributed by atoms with Gasteiger partial charge in [-0.1, -0.05) is 0 Å². The van der Waals surface area contributed by atoms with E-state index in [0.717, 1.165) is 13.0 Å². The molecule has 122 valence electrons. The summed E-state index contributed by atoms with van der Waals surface area (Å²) in [6, 6.07) is 3.01. The first-order valence-corrected chi connectivity index (χ1v) is 6.92. The Labute approximate surface area is 135 Å². The van der Waals surface area contributed by atoms with Gasteiger partial charge in [0.05, 0.1) is 10.5 Å². The van der Waals surface area contributed by atoms with Gasteiger partial charge in [0, 0.05) is 19.2 Å². The number of nitrogen functional groups attached to an aromatic ring is 1. The summed E-state index contributed by atoms with van der Waals surface area (Å²) in [5, 5.41) is 14.1. The molecule has 1 atom stereocenters. The van der Waals surface area contributed by atoms with Crippen LogP contribution < -0.4 is 11.1 Å². The topological polar surface area (TPSA) is 102 Å². The molecule has 1 fully saturated rings. The molecule has 0 spiro atoms. The number of anilines is 1.